The first-order valence-corrected chi connectivity index (χ1v) is 12.2. The van der Waals surface area contributed by atoms with Crippen LogP contribution in [0.3, 0.4) is 0 Å². The van der Waals surface area contributed by atoms with Gasteiger partial charge in [0.25, 0.3) is 5.56 Å². The highest BCUT2D eigenvalue weighted by Gasteiger charge is 2.35. The minimum absolute atomic E-state index is 0.00698. The molecule has 0 radical (unpaired) electrons. The number of carbonyl (C=O) groups is 1. The third-order valence-corrected chi connectivity index (χ3v) is 7.45. The predicted octanol–water partition coefficient (Wildman–Crippen LogP) is 2.28. The highest BCUT2D eigenvalue weighted by Crippen LogP contribution is 2.36. The summed E-state index contributed by atoms with van der Waals surface area (Å²) in [6.45, 7) is 4.79. The van der Waals surface area contributed by atoms with Crippen LogP contribution >= 0.6 is 11.3 Å². The van der Waals surface area contributed by atoms with Gasteiger partial charge in [-0.3, -0.25) is 14.2 Å². The zero-order valence-corrected chi connectivity index (χ0v) is 21.3. The quantitative estimate of drug-likeness (QED) is 0.352. The molecular weight excluding hydrogens is 484 g/mol. The lowest BCUT2D eigenvalue weighted by Gasteiger charge is -2.26. The van der Waals surface area contributed by atoms with E-state index in [4.69, 9.17) is 14.3 Å². The smallest absolute Gasteiger partial charge is 0.333 e. The van der Waals surface area contributed by atoms with Gasteiger partial charge in [-0.2, -0.15) is 0 Å². The zero-order chi connectivity index (χ0) is 26.0. The molecule has 0 aliphatic carbocycles. The number of rotatable bonds is 9. The molecule has 11 heteroatoms. The molecule has 0 unspecified atom stereocenters. The second-order valence-electron chi connectivity index (χ2n) is 8.75. The molecule has 0 spiro atoms. The molecule has 0 bridgehead atoms. The molecular formula is C25H28N4O6S. The Morgan fingerprint density at radius 3 is 2.69 bits per heavy atom. The van der Waals surface area contributed by atoms with Crippen molar-refractivity contribution in [1.29, 1.82) is 0 Å². The molecule has 4 rings (SSSR count). The number of nitrogens with zero attached hydrogens (tertiary/aromatic N) is 3. The van der Waals surface area contributed by atoms with Crippen molar-refractivity contribution in [1.82, 2.24) is 19.4 Å². The number of benzene rings is 1. The van der Waals surface area contributed by atoms with Gasteiger partial charge in [-0.15, -0.1) is 11.3 Å². The van der Waals surface area contributed by atoms with Crippen LogP contribution in [-0.4, -0.2) is 45.4 Å². The Kier molecular flexibility index (Phi) is 7.14. The fourth-order valence-corrected chi connectivity index (χ4v) is 5.46. The van der Waals surface area contributed by atoms with Crippen molar-refractivity contribution in [3.05, 3.63) is 68.7 Å². The van der Waals surface area contributed by atoms with E-state index in [0.717, 1.165) is 10.1 Å². The number of fused-ring (bicyclic) bond motifs is 1. The predicted molar refractivity (Wildman–Crippen MR) is 137 cm³/mol. The van der Waals surface area contributed by atoms with Gasteiger partial charge >= 0.3 is 5.69 Å². The first-order chi connectivity index (χ1) is 17.2. The summed E-state index contributed by atoms with van der Waals surface area (Å²) in [5.41, 5.74) is -1.17. The number of aromatic nitrogens is 3. The van der Waals surface area contributed by atoms with Crippen LogP contribution in [0.2, 0.25) is 0 Å². The average molecular weight is 513 g/mol. The van der Waals surface area contributed by atoms with E-state index >= 15 is 0 Å². The zero-order valence-electron chi connectivity index (χ0n) is 20.5. The SMILES string of the molecule is COc1ccccc1CCn1c(=O)n(C(C)(C)C(=O)NCCO)c(=O)c2c(C)c(-c3ncco3)sc21. The molecule has 1 aromatic carbocycles. The molecule has 0 aliphatic heterocycles. The molecule has 36 heavy (non-hydrogen) atoms. The van der Waals surface area contributed by atoms with Crippen molar-refractivity contribution in [3.63, 3.8) is 0 Å². The third kappa shape index (κ3) is 4.35. The molecule has 3 aromatic heterocycles. The van der Waals surface area contributed by atoms with Crippen LogP contribution in [0.25, 0.3) is 21.0 Å². The molecule has 190 valence electrons. The molecule has 0 saturated heterocycles. The van der Waals surface area contributed by atoms with Gasteiger partial charge < -0.3 is 19.6 Å². The van der Waals surface area contributed by atoms with Crippen LogP contribution in [-0.2, 0) is 23.3 Å². The second-order valence-corrected chi connectivity index (χ2v) is 9.75. The van der Waals surface area contributed by atoms with E-state index in [1.807, 2.05) is 24.3 Å². The minimum Gasteiger partial charge on any atom is -0.496 e. The summed E-state index contributed by atoms with van der Waals surface area (Å²) in [7, 11) is 1.59. The van der Waals surface area contributed by atoms with Crippen molar-refractivity contribution in [2.75, 3.05) is 20.3 Å². The molecule has 10 nitrogen and oxygen atoms in total. The number of aliphatic hydroxyl groups excluding tert-OH is 1. The van der Waals surface area contributed by atoms with Crippen LogP contribution in [0.15, 0.2) is 50.7 Å². The first-order valence-electron chi connectivity index (χ1n) is 11.4. The Morgan fingerprint density at radius 2 is 2.03 bits per heavy atom. The Balaban J connectivity index is 1.95. The first kappa shape index (κ1) is 25.4. The summed E-state index contributed by atoms with van der Waals surface area (Å²) in [5.74, 6) is 0.497. The number of aliphatic hydroxyl groups is 1. The third-order valence-electron chi connectivity index (χ3n) is 6.15. The van der Waals surface area contributed by atoms with Gasteiger partial charge in [0.2, 0.25) is 11.8 Å². The molecule has 3 heterocycles. The van der Waals surface area contributed by atoms with Crippen molar-refractivity contribution in [3.8, 4) is 16.5 Å². The number of carbonyl (C=O) groups excluding carboxylic acids is 1. The highest BCUT2D eigenvalue weighted by molar-refractivity contribution is 7.22. The van der Waals surface area contributed by atoms with Gasteiger partial charge in [-0.1, -0.05) is 18.2 Å². The lowest BCUT2D eigenvalue weighted by Crippen LogP contribution is -2.56. The largest absolute Gasteiger partial charge is 0.496 e. The number of para-hydroxylation sites is 1. The standard InChI is InChI=1S/C25H28N4O6S/c1-15-18-21(31)29(25(2,3)23(32)27-10-13-30)24(33)28(12-9-16-7-5-6-8-17(16)34-4)22(18)36-19(15)20-26-11-14-35-20/h5-8,11,14,30H,9-10,12-13H2,1-4H3,(H,27,32). The number of ether oxygens (including phenoxy) is 1. The van der Waals surface area contributed by atoms with Gasteiger partial charge in [0.15, 0.2) is 0 Å². The van der Waals surface area contributed by atoms with E-state index < -0.39 is 22.7 Å². The molecule has 0 aliphatic rings. The van der Waals surface area contributed by atoms with Crippen LogP contribution in [0.1, 0.15) is 25.0 Å². The summed E-state index contributed by atoms with van der Waals surface area (Å²) in [5, 5.41) is 12.0. The van der Waals surface area contributed by atoms with Crippen LogP contribution in [0.5, 0.6) is 5.75 Å². The number of methoxy groups -OCH3 is 1. The monoisotopic (exact) mass is 512 g/mol. The van der Waals surface area contributed by atoms with E-state index in [0.29, 0.717) is 38.7 Å². The molecule has 2 N–H and O–H groups in total. The summed E-state index contributed by atoms with van der Waals surface area (Å²) in [6.07, 6.45) is 3.42. The van der Waals surface area contributed by atoms with Gasteiger partial charge in [0.05, 0.1) is 30.2 Å². The Hall–Kier alpha value is -3.70. The number of hydrogen-bond acceptors (Lipinski definition) is 8. The second kappa shape index (κ2) is 10.1. The Bertz CT molecular complexity index is 1510. The molecule has 4 aromatic rings. The summed E-state index contributed by atoms with van der Waals surface area (Å²) in [4.78, 5) is 45.9. The maximum Gasteiger partial charge on any atom is 0.333 e. The van der Waals surface area contributed by atoms with Gasteiger partial charge in [-0.05, 0) is 44.4 Å². The summed E-state index contributed by atoms with van der Waals surface area (Å²) in [6, 6.07) is 7.52. The molecule has 0 saturated carbocycles. The lowest BCUT2D eigenvalue weighted by atomic mass is 10.0. The van der Waals surface area contributed by atoms with E-state index in [1.165, 1.54) is 42.2 Å². The topological polar surface area (TPSA) is 129 Å². The molecule has 0 atom stereocenters. The molecule has 0 fully saturated rings. The van der Waals surface area contributed by atoms with Gasteiger partial charge in [0.1, 0.15) is 22.4 Å². The highest BCUT2D eigenvalue weighted by atomic mass is 32.1. The number of nitrogens with one attached hydrogen (secondary N) is 1. The Labute approximate surface area is 210 Å². The number of hydrogen-bond donors (Lipinski definition) is 2. The normalized spacial score (nSPS) is 11.7. The van der Waals surface area contributed by atoms with E-state index in [1.54, 1.807) is 14.0 Å². The van der Waals surface area contributed by atoms with Crippen molar-refractivity contribution in [2.45, 2.75) is 39.3 Å². The van der Waals surface area contributed by atoms with E-state index in [9.17, 15) is 14.4 Å². The maximum absolute atomic E-state index is 13.8. The Morgan fingerprint density at radius 1 is 1.28 bits per heavy atom. The van der Waals surface area contributed by atoms with Gasteiger partial charge in [-0.25, -0.2) is 14.3 Å². The number of amides is 1. The summed E-state index contributed by atoms with van der Waals surface area (Å²) >= 11 is 1.25. The van der Waals surface area contributed by atoms with Crippen molar-refractivity contribution in [2.24, 2.45) is 0 Å². The van der Waals surface area contributed by atoms with E-state index in [2.05, 4.69) is 10.3 Å². The number of oxazole rings is 1. The van der Waals surface area contributed by atoms with Crippen molar-refractivity contribution >= 4 is 27.5 Å². The molecule has 1 amide bonds. The van der Waals surface area contributed by atoms with Crippen LogP contribution in [0.4, 0.5) is 0 Å². The number of aryl methyl sites for hydroxylation is 3. The van der Waals surface area contributed by atoms with Crippen LogP contribution < -0.4 is 21.3 Å². The average Bonchev–Trinajstić information content (AvgIpc) is 3.50. The summed E-state index contributed by atoms with van der Waals surface area (Å²) < 4.78 is 13.4. The van der Waals surface area contributed by atoms with Crippen LogP contribution in [0, 0.1) is 6.92 Å². The van der Waals surface area contributed by atoms with Crippen molar-refractivity contribution < 1.29 is 19.1 Å². The van der Waals surface area contributed by atoms with E-state index in [-0.39, 0.29) is 19.7 Å². The fourth-order valence-electron chi connectivity index (χ4n) is 4.21. The maximum atomic E-state index is 13.8. The minimum atomic E-state index is -1.51. The number of thiophene rings is 1. The fraction of sp³-hybridized carbons (Fsp3) is 0.360. The van der Waals surface area contributed by atoms with Gasteiger partial charge in [0, 0.05) is 13.1 Å². The lowest BCUT2D eigenvalue weighted by molar-refractivity contribution is -0.128.